The van der Waals surface area contributed by atoms with Gasteiger partial charge < -0.3 is 10.1 Å². The molecular formula is C16H15Cl3FNO. The molecule has 0 aliphatic carbocycles. The zero-order valence-corrected chi connectivity index (χ0v) is 13.9. The van der Waals surface area contributed by atoms with Gasteiger partial charge in [0.15, 0.2) is 0 Å². The van der Waals surface area contributed by atoms with Gasteiger partial charge in [-0.05, 0) is 42.0 Å². The molecule has 1 saturated heterocycles. The molecule has 6 heteroatoms. The van der Waals surface area contributed by atoms with Crippen LogP contribution in [-0.2, 0) is 0 Å². The molecule has 118 valence electrons. The highest BCUT2D eigenvalue weighted by Gasteiger charge is 2.30. The Morgan fingerprint density at radius 1 is 1.05 bits per heavy atom. The predicted octanol–water partition coefficient (Wildman–Crippen LogP) is 4.89. The van der Waals surface area contributed by atoms with Crippen molar-refractivity contribution in [2.45, 2.75) is 6.10 Å². The second kappa shape index (κ2) is 7.51. The van der Waals surface area contributed by atoms with Crippen LogP contribution >= 0.6 is 35.6 Å². The van der Waals surface area contributed by atoms with Gasteiger partial charge in [0.25, 0.3) is 0 Å². The average molecular weight is 363 g/mol. The molecule has 0 aromatic heterocycles. The fraction of sp³-hybridized carbons (Fsp3) is 0.250. The minimum Gasteiger partial charge on any atom is -0.485 e. The third kappa shape index (κ3) is 3.85. The first-order valence-corrected chi connectivity index (χ1v) is 7.47. The molecule has 1 fully saturated rings. The molecule has 0 unspecified atom stereocenters. The van der Waals surface area contributed by atoms with Gasteiger partial charge in [-0.2, -0.15) is 0 Å². The largest absolute Gasteiger partial charge is 0.485 e. The lowest BCUT2D eigenvalue weighted by atomic mass is 9.91. The zero-order valence-electron chi connectivity index (χ0n) is 11.6. The quantitative estimate of drug-likeness (QED) is 0.836. The highest BCUT2D eigenvalue weighted by atomic mass is 35.5. The third-order valence-electron chi connectivity index (χ3n) is 3.59. The monoisotopic (exact) mass is 361 g/mol. The number of hydrogen-bond donors (Lipinski definition) is 1. The van der Waals surface area contributed by atoms with Crippen molar-refractivity contribution in [1.82, 2.24) is 5.32 Å². The minimum absolute atomic E-state index is 0. The van der Waals surface area contributed by atoms with Crippen molar-refractivity contribution in [3.8, 4) is 5.75 Å². The molecular weight excluding hydrogens is 348 g/mol. The van der Waals surface area contributed by atoms with Crippen molar-refractivity contribution >= 4 is 35.6 Å². The summed E-state index contributed by atoms with van der Waals surface area (Å²) in [7, 11) is 0. The van der Waals surface area contributed by atoms with E-state index in [0.717, 1.165) is 18.7 Å². The van der Waals surface area contributed by atoms with Crippen LogP contribution in [0.5, 0.6) is 5.75 Å². The molecule has 22 heavy (non-hydrogen) atoms. The summed E-state index contributed by atoms with van der Waals surface area (Å²) in [6.07, 6.45) is -0.133. The Labute approximate surface area is 145 Å². The second-order valence-electron chi connectivity index (χ2n) is 5.08. The Kier molecular flexibility index (Phi) is 5.93. The highest BCUT2D eigenvalue weighted by molar-refractivity contribution is 6.42. The summed E-state index contributed by atoms with van der Waals surface area (Å²) < 4.78 is 19.0. The van der Waals surface area contributed by atoms with E-state index in [1.807, 2.05) is 12.1 Å². The number of hydrogen-bond acceptors (Lipinski definition) is 2. The Morgan fingerprint density at radius 2 is 1.73 bits per heavy atom. The van der Waals surface area contributed by atoms with E-state index < -0.39 is 0 Å². The number of halogens is 4. The smallest absolute Gasteiger partial charge is 0.129 e. The minimum atomic E-state index is -0.279. The van der Waals surface area contributed by atoms with Crippen LogP contribution in [0.4, 0.5) is 4.39 Å². The van der Waals surface area contributed by atoms with Gasteiger partial charge in [0.05, 0.1) is 10.0 Å². The molecule has 1 N–H and O–H groups in total. The molecule has 1 aliphatic heterocycles. The van der Waals surface area contributed by atoms with Crippen LogP contribution in [0.1, 0.15) is 11.7 Å². The summed E-state index contributed by atoms with van der Waals surface area (Å²) in [5, 5.41) is 4.26. The van der Waals surface area contributed by atoms with Crippen molar-refractivity contribution in [1.29, 1.82) is 0 Å². The third-order valence-corrected chi connectivity index (χ3v) is 4.33. The first kappa shape index (κ1) is 17.4. The van der Waals surface area contributed by atoms with Crippen molar-refractivity contribution < 1.29 is 9.13 Å². The van der Waals surface area contributed by atoms with Gasteiger partial charge in [-0.1, -0.05) is 29.3 Å². The Bertz CT molecular complexity index is 632. The summed E-state index contributed by atoms with van der Waals surface area (Å²) in [4.78, 5) is 0. The molecule has 0 saturated carbocycles. The maximum absolute atomic E-state index is 13.0. The number of benzene rings is 2. The number of nitrogens with one attached hydrogen (secondary N) is 1. The lowest BCUT2D eigenvalue weighted by Crippen LogP contribution is -2.46. The fourth-order valence-electron chi connectivity index (χ4n) is 2.31. The van der Waals surface area contributed by atoms with Crippen LogP contribution in [0, 0.1) is 11.7 Å². The fourth-order valence-corrected chi connectivity index (χ4v) is 2.62. The maximum Gasteiger partial charge on any atom is 0.129 e. The van der Waals surface area contributed by atoms with Crippen LogP contribution in [0.2, 0.25) is 10.0 Å². The van der Waals surface area contributed by atoms with Gasteiger partial charge in [0.1, 0.15) is 17.7 Å². The Balaban J connectivity index is 0.00000176. The van der Waals surface area contributed by atoms with E-state index in [4.69, 9.17) is 27.9 Å². The second-order valence-corrected chi connectivity index (χ2v) is 5.90. The van der Waals surface area contributed by atoms with E-state index in [0.29, 0.717) is 21.7 Å². The molecule has 0 spiro atoms. The molecule has 0 amide bonds. The molecule has 0 bridgehead atoms. The molecule has 1 heterocycles. The van der Waals surface area contributed by atoms with Crippen LogP contribution in [0.3, 0.4) is 0 Å². The average Bonchev–Trinajstić information content (AvgIpc) is 2.41. The van der Waals surface area contributed by atoms with Gasteiger partial charge in [-0.15, -0.1) is 12.4 Å². The van der Waals surface area contributed by atoms with E-state index in [9.17, 15) is 4.39 Å². The summed E-state index contributed by atoms with van der Waals surface area (Å²) in [5.74, 6) is 0.713. The predicted molar refractivity (Wildman–Crippen MR) is 89.8 cm³/mol. The van der Waals surface area contributed by atoms with E-state index in [2.05, 4.69) is 5.32 Å². The molecule has 3 rings (SSSR count). The van der Waals surface area contributed by atoms with Crippen molar-refractivity contribution in [3.05, 3.63) is 63.9 Å². The number of rotatable bonds is 4. The van der Waals surface area contributed by atoms with Crippen LogP contribution in [-0.4, -0.2) is 13.1 Å². The van der Waals surface area contributed by atoms with Crippen molar-refractivity contribution in [2.24, 2.45) is 5.92 Å². The molecule has 0 radical (unpaired) electrons. The van der Waals surface area contributed by atoms with Crippen molar-refractivity contribution in [3.63, 3.8) is 0 Å². The first-order valence-electron chi connectivity index (χ1n) is 6.71. The van der Waals surface area contributed by atoms with Gasteiger partial charge in [0, 0.05) is 19.0 Å². The molecule has 2 nitrogen and oxygen atoms in total. The van der Waals surface area contributed by atoms with Crippen molar-refractivity contribution in [2.75, 3.05) is 13.1 Å². The standard InChI is InChI=1S/C16H14Cl2FNO.ClH/c17-14-6-1-10(7-15(14)18)16(11-8-20-9-11)21-13-4-2-12(19)3-5-13;/h1-7,11,16,20H,8-9H2;1H/t16-;/m1./s1. The molecule has 1 atom stereocenters. The van der Waals surface area contributed by atoms with Crippen LogP contribution < -0.4 is 10.1 Å². The number of ether oxygens (including phenoxy) is 1. The molecule has 2 aromatic carbocycles. The van der Waals surface area contributed by atoms with E-state index >= 15 is 0 Å². The summed E-state index contributed by atoms with van der Waals surface area (Å²) in [6, 6.07) is 11.6. The summed E-state index contributed by atoms with van der Waals surface area (Å²) in [5.41, 5.74) is 0.972. The zero-order chi connectivity index (χ0) is 14.8. The lowest BCUT2D eigenvalue weighted by molar-refractivity contribution is 0.0992. The summed E-state index contributed by atoms with van der Waals surface area (Å²) >= 11 is 12.1. The van der Waals surface area contributed by atoms with Gasteiger partial charge >= 0.3 is 0 Å². The summed E-state index contributed by atoms with van der Waals surface area (Å²) in [6.45, 7) is 1.76. The van der Waals surface area contributed by atoms with Gasteiger partial charge in [-0.3, -0.25) is 0 Å². The lowest BCUT2D eigenvalue weighted by Gasteiger charge is -2.35. The topological polar surface area (TPSA) is 21.3 Å². The van der Waals surface area contributed by atoms with E-state index in [-0.39, 0.29) is 24.3 Å². The van der Waals surface area contributed by atoms with Crippen LogP contribution in [0.15, 0.2) is 42.5 Å². The highest BCUT2D eigenvalue weighted by Crippen LogP contribution is 2.34. The Hall–Kier alpha value is -1.00. The molecule has 2 aromatic rings. The maximum atomic E-state index is 13.0. The first-order chi connectivity index (χ1) is 10.1. The van der Waals surface area contributed by atoms with E-state index in [1.165, 1.54) is 12.1 Å². The normalized spacial score (nSPS) is 15.6. The van der Waals surface area contributed by atoms with E-state index in [1.54, 1.807) is 18.2 Å². The molecule has 1 aliphatic rings. The Morgan fingerprint density at radius 3 is 2.27 bits per heavy atom. The SMILES string of the molecule is Cl.Fc1ccc(O[C@H](c2ccc(Cl)c(Cl)c2)C2CNC2)cc1. The van der Waals surface area contributed by atoms with Gasteiger partial charge in [-0.25, -0.2) is 4.39 Å². The van der Waals surface area contributed by atoms with Crippen LogP contribution in [0.25, 0.3) is 0 Å². The van der Waals surface area contributed by atoms with Gasteiger partial charge in [0.2, 0.25) is 0 Å².